The Balaban J connectivity index is 2.13. The van der Waals surface area contributed by atoms with E-state index in [1.807, 2.05) is 42.2 Å². The number of nitrogens with zero attached hydrogens (tertiary/aromatic N) is 1. The number of carbonyl (C=O) groups excluding carboxylic acids is 1. The fourth-order valence-corrected chi connectivity index (χ4v) is 2.63. The van der Waals surface area contributed by atoms with Crippen LogP contribution in [0.3, 0.4) is 0 Å². The zero-order valence-corrected chi connectivity index (χ0v) is 13.2. The summed E-state index contributed by atoms with van der Waals surface area (Å²) < 4.78 is 10.8. The molecule has 1 heterocycles. The molecule has 1 aromatic rings. The summed E-state index contributed by atoms with van der Waals surface area (Å²) in [6, 6.07) is 8.99. The number of ketones is 1. The van der Waals surface area contributed by atoms with Gasteiger partial charge >= 0.3 is 0 Å². The van der Waals surface area contributed by atoms with Crippen LogP contribution in [0.15, 0.2) is 42.6 Å². The molecule has 0 saturated carbocycles. The zero-order chi connectivity index (χ0) is 16.2. The minimum absolute atomic E-state index is 0.0243. The highest BCUT2D eigenvalue weighted by Gasteiger charge is 2.47. The number of methoxy groups -OCH3 is 1. The molecule has 0 spiro atoms. The number of ether oxygens (including phenoxy) is 2. The van der Waals surface area contributed by atoms with E-state index in [2.05, 4.69) is 0 Å². The summed E-state index contributed by atoms with van der Waals surface area (Å²) in [5.41, 5.74) is 0.905. The number of hydrogen-bond acceptors (Lipinski definition) is 5. The Hall–Kier alpha value is -1.69. The van der Waals surface area contributed by atoms with Gasteiger partial charge in [0.2, 0.25) is 5.78 Å². The van der Waals surface area contributed by atoms with Crippen molar-refractivity contribution in [3.63, 3.8) is 0 Å². The number of aliphatic hydroxyl groups is 1. The predicted octanol–water partition coefficient (Wildman–Crippen LogP) is 1.71. The van der Waals surface area contributed by atoms with Crippen LogP contribution in [0.25, 0.3) is 0 Å². The molecule has 5 heteroatoms. The molecule has 1 aromatic carbocycles. The lowest BCUT2D eigenvalue weighted by molar-refractivity contribution is -0.233. The van der Waals surface area contributed by atoms with Crippen LogP contribution in [-0.2, 0) is 20.9 Å². The molecular formula is C17H23NO4. The highest BCUT2D eigenvalue weighted by Crippen LogP contribution is 2.27. The molecule has 3 unspecified atom stereocenters. The molecule has 0 radical (unpaired) electrons. The van der Waals surface area contributed by atoms with Gasteiger partial charge in [-0.2, -0.15) is 0 Å². The van der Waals surface area contributed by atoms with E-state index in [0.717, 1.165) is 5.56 Å². The van der Waals surface area contributed by atoms with Crippen molar-refractivity contribution in [3.05, 3.63) is 48.2 Å². The predicted molar refractivity (Wildman–Crippen MR) is 83.0 cm³/mol. The smallest absolute Gasteiger partial charge is 0.251 e. The summed E-state index contributed by atoms with van der Waals surface area (Å²) in [6.07, 6.45) is 3.05. The van der Waals surface area contributed by atoms with Crippen molar-refractivity contribution in [1.29, 1.82) is 0 Å². The number of rotatable bonds is 6. The van der Waals surface area contributed by atoms with E-state index < -0.39 is 17.6 Å². The van der Waals surface area contributed by atoms with Gasteiger partial charge in [0.1, 0.15) is 0 Å². The maximum Gasteiger partial charge on any atom is 0.251 e. The summed E-state index contributed by atoms with van der Waals surface area (Å²) in [6.45, 7) is 4.42. The number of benzene rings is 1. The van der Waals surface area contributed by atoms with Crippen molar-refractivity contribution >= 4 is 5.78 Å². The molecule has 2 rings (SSSR count). The number of carbonyl (C=O) groups is 1. The standard InChI is InChI=1S/C17H23NO4/c1-13(11-21-3)18-10-9-16(19)17(20,14(18)2)22-12-15-7-5-4-6-8-15/h4-10,13-14,20H,11-12H2,1-3H3. The average Bonchev–Trinajstić information content (AvgIpc) is 2.52. The normalized spacial score (nSPS) is 26.3. The molecule has 0 aromatic heterocycles. The van der Waals surface area contributed by atoms with Gasteiger partial charge in [0.15, 0.2) is 0 Å². The summed E-state index contributed by atoms with van der Waals surface area (Å²) in [4.78, 5) is 14.0. The highest BCUT2D eigenvalue weighted by molar-refractivity contribution is 5.97. The van der Waals surface area contributed by atoms with Crippen LogP contribution < -0.4 is 0 Å². The Labute approximate surface area is 131 Å². The number of hydrogen-bond donors (Lipinski definition) is 1. The van der Waals surface area contributed by atoms with Crippen LogP contribution in [0.4, 0.5) is 0 Å². The van der Waals surface area contributed by atoms with E-state index in [9.17, 15) is 9.90 Å². The molecule has 0 saturated heterocycles. The minimum atomic E-state index is -1.85. The second kappa shape index (κ2) is 7.05. The van der Waals surface area contributed by atoms with E-state index >= 15 is 0 Å². The third-order valence-corrected chi connectivity index (χ3v) is 3.98. The van der Waals surface area contributed by atoms with Gasteiger partial charge in [-0.3, -0.25) is 4.79 Å². The first-order chi connectivity index (χ1) is 10.5. The quantitative estimate of drug-likeness (QED) is 0.811. The molecule has 22 heavy (non-hydrogen) atoms. The highest BCUT2D eigenvalue weighted by atomic mass is 16.6. The van der Waals surface area contributed by atoms with Crippen LogP contribution in [0, 0.1) is 0 Å². The van der Waals surface area contributed by atoms with Gasteiger partial charge < -0.3 is 19.5 Å². The van der Waals surface area contributed by atoms with Crippen LogP contribution in [0.1, 0.15) is 19.4 Å². The van der Waals surface area contributed by atoms with Crippen LogP contribution in [0.5, 0.6) is 0 Å². The Morgan fingerprint density at radius 1 is 1.36 bits per heavy atom. The molecular weight excluding hydrogens is 282 g/mol. The van der Waals surface area contributed by atoms with Crippen molar-refractivity contribution in [3.8, 4) is 0 Å². The first-order valence-corrected chi connectivity index (χ1v) is 7.38. The van der Waals surface area contributed by atoms with Gasteiger partial charge in [0.05, 0.1) is 19.3 Å². The third kappa shape index (κ3) is 3.38. The van der Waals surface area contributed by atoms with E-state index in [0.29, 0.717) is 6.61 Å². The lowest BCUT2D eigenvalue weighted by Gasteiger charge is -2.43. The van der Waals surface area contributed by atoms with Crippen molar-refractivity contribution in [2.45, 2.75) is 38.3 Å². The molecule has 5 nitrogen and oxygen atoms in total. The SMILES string of the molecule is COCC(C)N1C=CC(=O)C(O)(OCc2ccccc2)C1C. The molecule has 120 valence electrons. The molecule has 0 bridgehead atoms. The molecule has 1 N–H and O–H groups in total. The van der Waals surface area contributed by atoms with E-state index in [-0.39, 0.29) is 12.6 Å². The Kier molecular flexibility index (Phi) is 5.34. The average molecular weight is 305 g/mol. The van der Waals surface area contributed by atoms with E-state index in [1.165, 1.54) is 6.08 Å². The summed E-state index contributed by atoms with van der Waals surface area (Å²) in [7, 11) is 1.62. The van der Waals surface area contributed by atoms with Gasteiger partial charge in [-0.1, -0.05) is 30.3 Å². The minimum Gasteiger partial charge on any atom is -0.383 e. The van der Waals surface area contributed by atoms with Gasteiger partial charge in [-0.25, -0.2) is 0 Å². The fourth-order valence-electron chi connectivity index (χ4n) is 2.63. The van der Waals surface area contributed by atoms with Crippen LogP contribution >= 0.6 is 0 Å². The first-order valence-electron chi connectivity index (χ1n) is 7.38. The summed E-state index contributed by atoms with van der Waals surface area (Å²) >= 11 is 0. The Bertz CT molecular complexity index is 531. The zero-order valence-electron chi connectivity index (χ0n) is 13.2. The largest absolute Gasteiger partial charge is 0.383 e. The monoisotopic (exact) mass is 305 g/mol. The van der Waals surface area contributed by atoms with Gasteiger partial charge in [-0.15, -0.1) is 0 Å². The third-order valence-electron chi connectivity index (χ3n) is 3.98. The molecule has 1 aliphatic rings. The maximum atomic E-state index is 12.2. The van der Waals surface area contributed by atoms with Crippen molar-refractivity contribution < 1.29 is 19.4 Å². The molecule has 3 atom stereocenters. The van der Waals surface area contributed by atoms with Crippen molar-refractivity contribution in [2.24, 2.45) is 0 Å². The lowest BCUT2D eigenvalue weighted by Crippen LogP contribution is -2.60. The van der Waals surface area contributed by atoms with Gasteiger partial charge in [0.25, 0.3) is 5.79 Å². The summed E-state index contributed by atoms with van der Waals surface area (Å²) in [5, 5.41) is 10.8. The molecule has 0 amide bonds. The molecule has 0 fully saturated rings. The first kappa shape index (κ1) is 16.7. The molecule has 0 aliphatic carbocycles. The van der Waals surface area contributed by atoms with Crippen molar-refractivity contribution in [1.82, 2.24) is 4.90 Å². The Morgan fingerprint density at radius 3 is 2.68 bits per heavy atom. The van der Waals surface area contributed by atoms with Gasteiger partial charge in [0, 0.05) is 25.4 Å². The van der Waals surface area contributed by atoms with Crippen LogP contribution in [0.2, 0.25) is 0 Å². The van der Waals surface area contributed by atoms with Gasteiger partial charge in [-0.05, 0) is 19.4 Å². The maximum absolute atomic E-state index is 12.2. The second-order valence-electron chi connectivity index (χ2n) is 5.58. The lowest BCUT2D eigenvalue weighted by atomic mass is 9.97. The Morgan fingerprint density at radius 2 is 2.05 bits per heavy atom. The van der Waals surface area contributed by atoms with Crippen LogP contribution in [-0.4, -0.2) is 47.4 Å². The topological polar surface area (TPSA) is 59.0 Å². The second-order valence-corrected chi connectivity index (χ2v) is 5.58. The fraction of sp³-hybridized carbons (Fsp3) is 0.471. The van der Waals surface area contributed by atoms with E-state index in [4.69, 9.17) is 9.47 Å². The molecule has 1 aliphatic heterocycles. The van der Waals surface area contributed by atoms with E-state index in [1.54, 1.807) is 20.2 Å². The van der Waals surface area contributed by atoms with Crippen molar-refractivity contribution in [2.75, 3.05) is 13.7 Å². The summed E-state index contributed by atoms with van der Waals surface area (Å²) in [5.74, 6) is -2.29.